The van der Waals surface area contributed by atoms with Crippen LogP contribution in [-0.2, 0) is 6.42 Å². The standard InChI is InChI=1S/C15H20BrN3S/c1-10(2)9-17-7-6-14-18-19-15(20-14)12-5-4-11(3)8-13(12)16/h4-5,8,10,17H,6-7,9H2,1-3H3. The summed E-state index contributed by atoms with van der Waals surface area (Å²) in [5, 5.41) is 14.1. The number of nitrogens with one attached hydrogen (secondary N) is 1. The van der Waals surface area contributed by atoms with Gasteiger partial charge in [0.15, 0.2) is 0 Å². The van der Waals surface area contributed by atoms with Crippen LogP contribution in [0, 0.1) is 12.8 Å². The van der Waals surface area contributed by atoms with Crippen molar-refractivity contribution >= 4 is 27.3 Å². The van der Waals surface area contributed by atoms with Crippen molar-refractivity contribution in [3.63, 3.8) is 0 Å². The second-order valence-electron chi connectivity index (χ2n) is 5.33. The maximum Gasteiger partial charge on any atom is 0.148 e. The molecule has 0 unspecified atom stereocenters. The van der Waals surface area contributed by atoms with Crippen LogP contribution in [0.5, 0.6) is 0 Å². The van der Waals surface area contributed by atoms with Crippen molar-refractivity contribution in [2.45, 2.75) is 27.2 Å². The molecule has 0 radical (unpaired) electrons. The highest BCUT2D eigenvalue weighted by Crippen LogP contribution is 2.31. The van der Waals surface area contributed by atoms with Crippen molar-refractivity contribution < 1.29 is 0 Å². The zero-order valence-electron chi connectivity index (χ0n) is 12.1. The molecule has 0 spiro atoms. The average Bonchev–Trinajstić information content (AvgIpc) is 2.83. The van der Waals surface area contributed by atoms with Crippen molar-refractivity contribution in [1.82, 2.24) is 15.5 Å². The van der Waals surface area contributed by atoms with E-state index in [2.05, 4.69) is 70.4 Å². The summed E-state index contributed by atoms with van der Waals surface area (Å²) in [5.41, 5.74) is 2.36. The van der Waals surface area contributed by atoms with Gasteiger partial charge < -0.3 is 5.32 Å². The maximum atomic E-state index is 4.30. The van der Waals surface area contributed by atoms with Gasteiger partial charge in [0.25, 0.3) is 0 Å². The van der Waals surface area contributed by atoms with Crippen LogP contribution in [0.25, 0.3) is 10.6 Å². The summed E-state index contributed by atoms with van der Waals surface area (Å²) in [7, 11) is 0. The Labute approximate surface area is 133 Å². The lowest BCUT2D eigenvalue weighted by molar-refractivity contribution is 0.553. The van der Waals surface area contributed by atoms with Crippen molar-refractivity contribution in [3.8, 4) is 10.6 Å². The van der Waals surface area contributed by atoms with Gasteiger partial charge in [-0.15, -0.1) is 10.2 Å². The van der Waals surface area contributed by atoms with E-state index < -0.39 is 0 Å². The lowest BCUT2D eigenvalue weighted by Crippen LogP contribution is -2.22. The second kappa shape index (κ2) is 7.29. The SMILES string of the molecule is Cc1ccc(-c2nnc(CCNCC(C)C)s2)c(Br)c1. The highest BCUT2D eigenvalue weighted by Gasteiger charge is 2.09. The Bertz CT molecular complexity index is 566. The Morgan fingerprint density at radius 3 is 2.80 bits per heavy atom. The highest BCUT2D eigenvalue weighted by molar-refractivity contribution is 9.10. The number of rotatable bonds is 6. The molecule has 5 heteroatoms. The molecule has 2 rings (SSSR count). The third-order valence-electron chi connectivity index (χ3n) is 2.89. The minimum Gasteiger partial charge on any atom is -0.316 e. The van der Waals surface area contributed by atoms with E-state index in [1.165, 1.54) is 5.56 Å². The number of benzene rings is 1. The van der Waals surface area contributed by atoms with E-state index >= 15 is 0 Å². The minimum atomic E-state index is 0.684. The molecule has 1 aromatic heterocycles. The second-order valence-corrected chi connectivity index (χ2v) is 7.25. The van der Waals surface area contributed by atoms with E-state index in [0.717, 1.165) is 39.6 Å². The third-order valence-corrected chi connectivity index (χ3v) is 4.56. The number of aromatic nitrogens is 2. The number of hydrogen-bond acceptors (Lipinski definition) is 4. The molecule has 2 aromatic rings. The van der Waals surface area contributed by atoms with Gasteiger partial charge in [0.2, 0.25) is 0 Å². The van der Waals surface area contributed by atoms with Crippen molar-refractivity contribution in [2.24, 2.45) is 5.92 Å². The smallest absolute Gasteiger partial charge is 0.148 e. The van der Waals surface area contributed by atoms with E-state index in [0.29, 0.717) is 5.92 Å². The van der Waals surface area contributed by atoms with Crippen LogP contribution >= 0.6 is 27.3 Å². The van der Waals surface area contributed by atoms with Crippen LogP contribution < -0.4 is 5.32 Å². The van der Waals surface area contributed by atoms with Crippen LogP contribution in [0.4, 0.5) is 0 Å². The molecule has 0 atom stereocenters. The van der Waals surface area contributed by atoms with Gasteiger partial charge in [0, 0.05) is 23.0 Å². The summed E-state index contributed by atoms with van der Waals surface area (Å²) in [4.78, 5) is 0. The predicted octanol–water partition coefficient (Wildman–Crippen LogP) is 4.06. The number of aryl methyl sites for hydroxylation is 1. The lowest BCUT2D eigenvalue weighted by Gasteiger charge is -2.05. The molecule has 3 nitrogen and oxygen atoms in total. The minimum absolute atomic E-state index is 0.684. The van der Waals surface area contributed by atoms with Crippen LogP contribution in [0.1, 0.15) is 24.4 Å². The number of hydrogen-bond donors (Lipinski definition) is 1. The molecular formula is C15H20BrN3S. The normalized spacial score (nSPS) is 11.2. The summed E-state index contributed by atoms with van der Waals surface area (Å²) < 4.78 is 1.08. The first-order valence-corrected chi connectivity index (χ1v) is 8.47. The monoisotopic (exact) mass is 353 g/mol. The Morgan fingerprint density at radius 2 is 2.10 bits per heavy atom. The number of halogens is 1. The van der Waals surface area contributed by atoms with Gasteiger partial charge in [-0.3, -0.25) is 0 Å². The molecule has 1 aromatic carbocycles. The van der Waals surface area contributed by atoms with Crippen LogP contribution in [0.3, 0.4) is 0 Å². The van der Waals surface area contributed by atoms with Gasteiger partial charge in [0.05, 0.1) is 0 Å². The summed E-state index contributed by atoms with van der Waals surface area (Å²) in [5.74, 6) is 0.684. The van der Waals surface area contributed by atoms with Gasteiger partial charge >= 0.3 is 0 Å². The summed E-state index contributed by atoms with van der Waals surface area (Å²) in [6, 6.07) is 6.31. The Balaban J connectivity index is 1.98. The van der Waals surface area contributed by atoms with Crippen molar-refractivity contribution in [3.05, 3.63) is 33.2 Å². The van der Waals surface area contributed by atoms with Gasteiger partial charge in [-0.2, -0.15) is 0 Å². The first kappa shape index (κ1) is 15.6. The number of nitrogens with zero attached hydrogens (tertiary/aromatic N) is 2. The maximum absolute atomic E-state index is 4.30. The highest BCUT2D eigenvalue weighted by atomic mass is 79.9. The molecular weight excluding hydrogens is 334 g/mol. The van der Waals surface area contributed by atoms with Crippen LogP contribution in [0.2, 0.25) is 0 Å². The van der Waals surface area contributed by atoms with Crippen LogP contribution in [0.15, 0.2) is 22.7 Å². The largest absolute Gasteiger partial charge is 0.316 e. The molecule has 0 bridgehead atoms. The first-order valence-electron chi connectivity index (χ1n) is 6.86. The fourth-order valence-electron chi connectivity index (χ4n) is 1.84. The average molecular weight is 354 g/mol. The van der Waals surface area contributed by atoms with E-state index in [1.807, 2.05) is 0 Å². The summed E-state index contributed by atoms with van der Waals surface area (Å²) in [6.45, 7) is 8.52. The van der Waals surface area contributed by atoms with Crippen LogP contribution in [-0.4, -0.2) is 23.3 Å². The topological polar surface area (TPSA) is 37.8 Å². The zero-order chi connectivity index (χ0) is 14.5. The molecule has 108 valence electrons. The van der Waals surface area contributed by atoms with E-state index in [-0.39, 0.29) is 0 Å². The molecule has 0 fully saturated rings. The summed E-state index contributed by atoms with van der Waals surface area (Å²) >= 11 is 5.27. The Kier molecular flexibility index (Phi) is 5.69. The van der Waals surface area contributed by atoms with Gasteiger partial charge in [-0.1, -0.05) is 53.2 Å². The van der Waals surface area contributed by atoms with Gasteiger partial charge in [-0.05, 0) is 31.0 Å². The Morgan fingerprint density at radius 1 is 1.30 bits per heavy atom. The predicted molar refractivity (Wildman–Crippen MR) is 89.2 cm³/mol. The van der Waals surface area contributed by atoms with Gasteiger partial charge in [-0.25, -0.2) is 0 Å². The fraction of sp³-hybridized carbons (Fsp3) is 0.467. The molecule has 20 heavy (non-hydrogen) atoms. The Hall–Kier alpha value is -0.780. The van der Waals surface area contributed by atoms with E-state index in [1.54, 1.807) is 11.3 Å². The molecule has 0 aliphatic heterocycles. The molecule has 0 amide bonds. The van der Waals surface area contributed by atoms with E-state index in [4.69, 9.17) is 0 Å². The quantitative estimate of drug-likeness (QED) is 0.795. The first-order chi connectivity index (χ1) is 9.56. The molecule has 1 heterocycles. The van der Waals surface area contributed by atoms with Crippen molar-refractivity contribution in [2.75, 3.05) is 13.1 Å². The molecule has 0 saturated heterocycles. The fourth-order valence-corrected chi connectivity index (χ4v) is 3.53. The lowest BCUT2D eigenvalue weighted by atomic mass is 10.2. The zero-order valence-corrected chi connectivity index (χ0v) is 14.5. The molecule has 0 aliphatic carbocycles. The summed E-state index contributed by atoms with van der Waals surface area (Å²) in [6.07, 6.45) is 0.938. The molecule has 1 N–H and O–H groups in total. The molecule has 0 aliphatic rings. The third kappa shape index (κ3) is 4.36. The van der Waals surface area contributed by atoms with E-state index in [9.17, 15) is 0 Å². The van der Waals surface area contributed by atoms with Crippen molar-refractivity contribution in [1.29, 1.82) is 0 Å². The van der Waals surface area contributed by atoms with Gasteiger partial charge in [0.1, 0.15) is 10.0 Å². The molecule has 0 saturated carbocycles.